The van der Waals surface area contributed by atoms with Gasteiger partial charge in [0.2, 0.25) is 5.95 Å². The summed E-state index contributed by atoms with van der Waals surface area (Å²) in [5.74, 6) is -0.851. The number of pyridine rings is 1. The quantitative estimate of drug-likeness (QED) is 0.603. The summed E-state index contributed by atoms with van der Waals surface area (Å²) >= 11 is 1.42. The van der Waals surface area contributed by atoms with E-state index < -0.39 is 12.0 Å². The first kappa shape index (κ1) is 19.1. The molecular weight excluding hydrogens is 409 g/mol. The number of rotatable bonds is 5. The zero-order valence-electron chi connectivity index (χ0n) is 15.9. The van der Waals surface area contributed by atoms with E-state index in [1.54, 1.807) is 23.7 Å². The van der Waals surface area contributed by atoms with Crippen LogP contribution in [0.5, 0.6) is 0 Å². The van der Waals surface area contributed by atoms with Gasteiger partial charge in [-0.1, -0.05) is 6.07 Å². The van der Waals surface area contributed by atoms with E-state index in [9.17, 15) is 14.3 Å². The standard InChI is InChI=1S/C19H20FN7O2S/c20-16-3-1-2-13(23-16)17-14(8-27(26-17)11-4-12(28)5-11)24-18(29)15-9-30-19(25-15)10-6-21-22-7-10/h1-3,6,9-12,14,22,28H,4-5,7-8H2,(H,24,29). The summed E-state index contributed by atoms with van der Waals surface area (Å²) in [5, 5.41) is 25.6. The molecule has 0 radical (unpaired) electrons. The minimum absolute atomic E-state index is 0.0668. The molecule has 0 bridgehead atoms. The van der Waals surface area contributed by atoms with Gasteiger partial charge >= 0.3 is 0 Å². The van der Waals surface area contributed by atoms with Crippen molar-refractivity contribution in [2.45, 2.75) is 36.9 Å². The summed E-state index contributed by atoms with van der Waals surface area (Å²) in [4.78, 5) is 21.2. The third-order valence-electron chi connectivity index (χ3n) is 5.46. The van der Waals surface area contributed by atoms with E-state index >= 15 is 0 Å². The van der Waals surface area contributed by atoms with Gasteiger partial charge in [0, 0.05) is 18.1 Å². The molecule has 1 aliphatic carbocycles. The Morgan fingerprint density at radius 2 is 2.20 bits per heavy atom. The van der Waals surface area contributed by atoms with Crippen LogP contribution in [0.2, 0.25) is 0 Å². The molecule has 3 N–H and O–H groups in total. The lowest BCUT2D eigenvalue weighted by atomic mass is 9.89. The van der Waals surface area contributed by atoms with Gasteiger partial charge in [-0.15, -0.1) is 11.3 Å². The lowest BCUT2D eigenvalue weighted by molar-refractivity contribution is 0.00562. The molecule has 156 valence electrons. The van der Waals surface area contributed by atoms with Crippen LogP contribution in [0.1, 0.15) is 39.9 Å². The number of hydrogen-bond donors (Lipinski definition) is 3. The lowest BCUT2D eigenvalue weighted by Gasteiger charge is -2.37. The molecule has 2 unspecified atom stereocenters. The molecule has 3 aliphatic rings. The number of amides is 1. The number of carbonyl (C=O) groups is 1. The largest absolute Gasteiger partial charge is 0.393 e. The molecule has 1 fully saturated rings. The minimum atomic E-state index is -0.603. The van der Waals surface area contributed by atoms with E-state index in [1.807, 2.05) is 5.01 Å². The molecular formula is C19H20FN7O2S. The van der Waals surface area contributed by atoms with Crippen molar-refractivity contribution in [2.75, 3.05) is 13.1 Å². The van der Waals surface area contributed by atoms with Gasteiger partial charge in [-0.05, 0) is 25.0 Å². The third-order valence-corrected chi connectivity index (χ3v) is 6.43. The average Bonchev–Trinajstić information content (AvgIpc) is 3.45. The van der Waals surface area contributed by atoms with Gasteiger partial charge in [-0.2, -0.15) is 14.6 Å². The van der Waals surface area contributed by atoms with Crippen molar-refractivity contribution in [3.05, 3.63) is 45.9 Å². The van der Waals surface area contributed by atoms with Crippen LogP contribution in [0.3, 0.4) is 0 Å². The number of aliphatic hydroxyl groups is 1. The number of aromatic nitrogens is 2. The second kappa shape index (κ2) is 7.73. The summed E-state index contributed by atoms with van der Waals surface area (Å²) in [6.07, 6.45) is 2.71. The van der Waals surface area contributed by atoms with Gasteiger partial charge in [0.05, 0.1) is 36.3 Å². The van der Waals surface area contributed by atoms with Crippen molar-refractivity contribution in [1.29, 1.82) is 0 Å². The van der Waals surface area contributed by atoms with Crippen LogP contribution >= 0.6 is 11.3 Å². The van der Waals surface area contributed by atoms with Crippen LogP contribution < -0.4 is 10.7 Å². The van der Waals surface area contributed by atoms with Crippen LogP contribution in [0, 0.1) is 5.95 Å². The van der Waals surface area contributed by atoms with Crippen LogP contribution in [-0.4, -0.2) is 69.2 Å². The topological polar surface area (TPSA) is 115 Å². The summed E-state index contributed by atoms with van der Waals surface area (Å²) in [7, 11) is 0. The number of nitrogens with one attached hydrogen (secondary N) is 2. The van der Waals surface area contributed by atoms with Crippen LogP contribution in [0.25, 0.3) is 0 Å². The Balaban J connectivity index is 1.34. The maximum Gasteiger partial charge on any atom is 0.271 e. The van der Waals surface area contributed by atoms with Crippen LogP contribution in [0.15, 0.2) is 33.8 Å². The Morgan fingerprint density at radius 1 is 1.33 bits per heavy atom. The van der Waals surface area contributed by atoms with Gasteiger partial charge in [0.25, 0.3) is 5.91 Å². The van der Waals surface area contributed by atoms with E-state index in [2.05, 4.69) is 30.9 Å². The third kappa shape index (κ3) is 3.65. The van der Waals surface area contributed by atoms with Crippen LogP contribution in [0.4, 0.5) is 4.39 Å². The Labute approximate surface area is 175 Å². The number of hydrazone groups is 2. The maximum absolute atomic E-state index is 13.7. The Morgan fingerprint density at radius 3 is 2.93 bits per heavy atom. The van der Waals surface area contributed by atoms with Gasteiger partial charge in [0.1, 0.15) is 16.4 Å². The molecule has 1 amide bonds. The minimum Gasteiger partial charge on any atom is -0.393 e. The highest BCUT2D eigenvalue weighted by molar-refractivity contribution is 7.10. The number of carbonyl (C=O) groups excluding carboxylic acids is 1. The lowest BCUT2D eigenvalue weighted by Crippen LogP contribution is -2.48. The fourth-order valence-electron chi connectivity index (χ4n) is 3.74. The van der Waals surface area contributed by atoms with Crippen molar-refractivity contribution in [2.24, 2.45) is 10.2 Å². The Hall–Kier alpha value is -2.92. The predicted octanol–water partition coefficient (Wildman–Crippen LogP) is 0.691. The van der Waals surface area contributed by atoms with E-state index in [0.29, 0.717) is 43.0 Å². The highest BCUT2D eigenvalue weighted by atomic mass is 32.1. The summed E-state index contributed by atoms with van der Waals surface area (Å²) in [5.41, 5.74) is 4.11. The molecule has 2 aromatic rings. The molecule has 5 rings (SSSR count). The molecule has 0 saturated heterocycles. The van der Waals surface area contributed by atoms with E-state index in [4.69, 9.17) is 0 Å². The molecule has 4 heterocycles. The van der Waals surface area contributed by atoms with Crippen molar-refractivity contribution < 1.29 is 14.3 Å². The Bertz CT molecular complexity index is 1020. The van der Waals surface area contributed by atoms with Gasteiger partial charge in [-0.3, -0.25) is 9.80 Å². The highest BCUT2D eigenvalue weighted by Gasteiger charge is 2.39. The molecule has 2 aliphatic heterocycles. The maximum atomic E-state index is 13.7. The molecule has 0 spiro atoms. The molecule has 0 aromatic carbocycles. The van der Waals surface area contributed by atoms with Gasteiger partial charge < -0.3 is 15.8 Å². The number of thiazole rings is 1. The smallest absolute Gasteiger partial charge is 0.271 e. The van der Waals surface area contributed by atoms with E-state index in [1.165, 1.54) is 17.4 Å². The number of aliphatic hydroxyl groups excluding tert-OH is 1. The second-order valence-corrected chi connectivity index (χ2v) is 8.47. The Kier molecular flexibility index (Phi) is 4.91. The zero-order valence-corrected chi connectivity index (χ0v) is 16.7. The summed E-state index contributed by atoms with van der Waals surface area (Å²) in [6.45, 7) is 1.11. The zero-order chi connectivity index (χ0) is 20.7. The first-order valence-electron chi connectivity index (χ1n) is 9.75. The number of hydrogen-bond acceptors (Lipinski definition) is 9. The number of nitrogens with zero attached hydrogens (tertiary/aromatic N) is 5. The van der Waals surface area contributed by atoms with E-state index in [0.717, 1.165) is 5.01 Å². The normalized spacial score (nSPS) is 27.5. The summed E-state index contributed by atoms with van der Waals surface area (Å²) in [6, 6.07) is 4.16. The van der Waals surface area contributed by atoms with Crippen molar-refractivity contribution >= 4 is 29.2 Å². The SMILES string of the molecule is O=C(NC1CN(C2CC(O)C2)N=C1c1cccc(F)n1)c1csc(C2C=NNC2)n1. The average molecular weight is 429 g/mol. The molecule has 11 heteroatoms. The predicted molar refractivity (Wildman–Crippen MR) is 109 cm³/mol. The first-order valence-corrected chi connectivity index (χ1v) is 10.6. The van der Waals surface area contributed by atoms with Crippen molar-refractivity contribution in [1.82, 2.24) is 25.7 Å². The van der Waals surface area contributed by atoms with E-state index in [-0.39, 0.29) is 24.0 Å². The monoisotopic (exact) mass is 429 g/mol. The van der Waals surface area contributed by atoms with Gasteiger partial charge in [-0.25, -0.2) is 9.97 Å². The van der Waals surface area contributed by atoms with Crippen LogP contribution in [-0.2, 0) is 0 Å². The molecule has 30 heavy (non-hydrogen) atoms. The second-order valence-electron chi connectivity index (χ2n) is 7.58. The highest BCUT2D eigenvalue weighted by Crippen LogP contribution is 2.29. The number of halogens is 1. The molecule has 9 nitrogen and oxygen atoms in total. The molecule has 1 saturated carbocycles. The van der Waals surface area contributed by atoms with Crippen molar-refractivity contribution in [3.8, 4) is 0 Å². The molecule has 2 aromatic heterocycles. The van der Waals surface area contributed by atoms with Crippen molar-refractivity contribution in [3.63, 3.8) is 0 Å². The molecule has 2 atom stereocenters. The van der Waals surface area contributed by atoms with Gasteiger partial charge in [0.15, 0.2) is 0 Å². The summed E-state index contributed by atoms with van der Waals surface area (Å²) < 4.78 is 13.7. The fraction of sp³-hybridized carbons (Fsp3) is 0.421. The first-order chi connectivity index (χ1) is 14.6. The fourth-order valence-corrected chi connectivity index (χ4v) is 4.60.